The number of alkyl halides is 6. The summed E-state index contributed by atoms with van der Waals surface area (Å²) in [5.41, 5.74) is 1.11. The van der Waals surface area contributed by atoms with Crippen LogP contribution < -0.4 is 0 Å². The fourth-order valence-electron chi connectivity index (χ4n) is 3.80. The second-order valence-electron chi connectivity index (χ2n) is 8.26. The highest BCUT2D eigenvalue weighted by Crippen LogP contribution is 2.32. The smallest absolute Gasteiger partial charge is 0.475 e. The molecule has 2 saturated heterocycles. The number of aromatic nitrogens is 1. The molecule has 0 amide bonds. The molecular formula is C23H26F6N2O7. The molecule has 38 heavy (non-hydrogen) atoms. The van der Waals surface area contributed by atoms with Crippen LogP contribution in [0.5, 0.6) is 0 Å². The minimum absolute atomic E-state index is 0.214. The minimum Gasteiger partial charge on any atom is -0.475 e. The Bertz CT molecular complexity index is 962. The Kier molecular flexibility index (Phi) is 11.5. The number of furan rings is 1. The Hall–Kier alpha value is -3.17. The third kappa shape index (κ3) is 10.7. The van der Waals surface area contributed by atoms with Crippen LogP contribution in [-0.4, -0.2) is 75.8 Å². The number of likely N-dealkylation sites (tertiary alicyclic amines) is 1. The van der Waals surface area contributed by atoms with Crippen LogP contribution in [0.4, 0.5) is 26.3 Å². The molecule has 0 radical (unpaired) electrons. The van der Waals surface area contributed by atoms with Gasteiger partial charge in [0.25, 0.3) is 0 Å². The Morgan fingerprint density at radius 1 is 1.03 bits per heavy atom. The van der Waals surface area contributed by atoms with Gasteiger partial charge in [-0.05, 0) is 43.0 Å². The summed E-state index contributed by atoms with van der Waals surface area (Å²) >= 11 is 0. The van der Waals surface area contributed by atoms with E-state index in [1.807, 2.05) is 30.5 Å². The fraction of sp³-hybridized carbons (Fsp3) is 0.522. The van der Waals surface area contributed by atoms with Gasteiger partial charge in [-0.15, -0.1) is 0 Å². The predicted molar refractivity (Wildman–Crippen MR) is 117 cm³/mol. The molecular weight excluding hydrogens is 530 g/mol. The standard InChI is InChI=1S/C19H24N2O3.2C2HF3O2/c1-3-15(11-20-8-1)13-22-14-17-5-6-18-19(24-17)7-9-21(18)12-16-4-2-10-23-16;2*3-2(4,5)1(6)7/h1-4,8,10-11,17-19H,5-7,9,12-14H2;2*(H,6,7)/t17-,18-,19-;;/m1../s1. The Morgan fingerprint density at radius 2 is 1.68 bits per heavy atom. The molecule has 0 aliphatic carbocycles. The van der Waals surface area contributed by atoms with Crippen molar-refractivity contribution in [1.82, 2.24) is 9.88 Å². The van der Waals surface area contributed by atoms with Crippen molar-refractivity contribution in [3.05, 3.63) is 54.2 Å². The van der Waals surface area contributed by atoms with Gasteiger partial charge in [-0.25, -0.2) is 9.59 Å². The van der Waals surface area contributed by atoms with Gasteiger partial charge in [0.2, 0.25) is 0 Å². The van der Waals surface area contributed by atoms with E-state index in [9.17, 15) is 26.3 Å². The average Bonchev–Trinajstić information content (AvgIpc) is 3.50. The molecule has 0 bridgehead atoms. The summed E-state index contributed by atoms with van der Waals surface area (Å²) in [7, 11) is 0. The van der Waals surface area contributed by atoms with E-state index in [1.165, 1.54) is 6.42 Å². The van der Waals surface area contributed by atoms with Crippen molar-refractivity contribution in [2.75, 3.05) is 13.2 Å². The van der Waals surface area contributed by atoms with Crippen LogP contribution in [0.2, 0.25) is 0 Å². The van der Waals surface area contributed by atoms with E-state index in [4.69, 9.17) is 33.7 Å². The number of carboxylic acids is 2. The molecule has 2 N–H and O–H groups in total. The molecule has 4 rings (SSSR count). The predicted octanol–water partition coefficient (Wildman–Crippen LogP) is 4.28. The number of carboxylic acid groups (broad SMARTS) is 2. The monoisotopic (exact) mass is 556 g/mol. The lowest BCUT2D eigenvalue weighted by molar-refractivity contribution is -0.193. The maximum absolute atomic E-state index is 10.6. The van der Waals surface area contributed by atoms with E-state index in [0.29, 0.717) is 25.4 Å². The van der Waals surface area contributed by atoms with Crippen molar-refractivity contribution in [2.45, 2.75) is 63.0 Å². The van der Waals surface area contributed by atoms with Crippen molar-refractivity contribution in [1.29, 1.82) is 0 Å². The van der Waals surface area contributed by atoms with Crippen LogP contribution in [0.25, 0.3) is 0 Å². The van der Waals surface area contributed by atoms with Crippen molar-refractivity contribution in [2.24, 2.45) is 0 Å². The topological polar surface area (TPSA) is 122 Å². The molecule has 15 heteroatoms. The van der Waals surface area contributed by atoms with Gasteiger partial charge >= 0.3 is 24.3 Å². The number of carbonyl (C=O) groups is 2. The summed E-state index contributed by atoms with van der Waals surface area (Å²) in [4.78, 5) is 24.4. The van der Waals surface area contributed by atoms with Crippen LogP contribution in [0, 0.1) is 0 Å². The Balaban J connectivity index is 0.000000301. The van der Waals surface area contributed by atoms with Crippen LogP contribution in [0.15, 0.2) is 47.3 Å². The van der Waals surface area contributed by atoms with E-state index >= 15 is 0 Å². The summed E-state index contributed by atoms with van der Waals surface area (Å²) in [5, 5.41) is 14.2. The zero-order chi connectivity index (χ0) is 28.3. The van der Waals surface area contributed by atoms with Crippen LogP contribution in [0.3, 0.4) is 0 Å². The lowest BCUT2D eigenvalue weighted by Gasteiger charge is -2.35. The van der Waals surface area contributed by atoms with Gasteiger partial charge < -0.3 is 24.1 Å². The summed E-state index contributed by atoms with van der Waals surface area (Å²) in [5.74, 6) is -4.47. The molecule has 212 valence electrons. The first-order valence-corrected chi connectivity index (χ1v) is 11.3. The van der Waals surface area contributed by atoms with Gasteiger partial charge in [0.05, 0.1) is 38.2 Å². The van der Waals surface area contributed by atoms with Crippen LogP contribution >= 0.6 is 0 Å². The first-order chi connectivity index (χ1) is 17.8. The van der Waals surface area contributed by atoms with Gasteiger partial charge in [0, 0.05) is 25.0 Å². The van der Waals surface area contributed by atoms with Crippen LogP contribution in [0.1, 0.15) is 30.6 Å². The van der Waals surface area contributed by atoms with Gasteiger partial charge in [0.15, 0.2) is 0 Å². The molecule has 2 fully saturated rings. The molecule has 0 saturated carbocycles. The summed E-state index contributed by atoms with van der Waals surface area (Å²) in [6.45, 7) is 3.24. The maximum atomic E-state index is 10.6. The zero-order valence-corrected chi connectivity index (χ0v) is 19.8. The van der Waals surface area contributed by atoms with E-state index in [0.717, 1.165) is 37.3 Å². The molecule has 2 aromatic heterocycles. The molecule has 2 aliphatic heterocycles. The van der Waals surface area contributed by atoms with Crippen LogP contribution in [-0.2, 0) is 32.2 Å². The van der Waals surface area contributed by atoms with Gasteiger partial charge in [-0.3, -0.25) is 9.88 Å². The number of hydrogen-bond acceptors (Lipinski definition) is 7. The molecule has 2 aliphatic rings. The molecule has 0 aromatic carbocycles. The molecule has 9 nitrogen and oxygen atoms in total. The van der Waals surface area contributed by atoms with E-state index in [2.05, 4.69) is 9.88 Å². The van der Waals surface area contributed by atoms with E-state index in [-0.39, 0.29) is 6.10 Å². The number of hydrogen-bond donors (Lipinski definition) is 2. The molecule has 0 unspecified atom stereocenters. The summed E-state index contributed by atoms with van der Waals surface area (Å²) in [6.07, 6.45) is -0.911. The third-order valence-electron chi connectivity index (χ3n) is 5.47. The molecule has 4 heterocycles. The lowest BCUT2D eigenvalue weighted by atomic mass is 9.99. The van der Waals surface area contributed by atoms with E-state index in [1.54, 1.807) is 12.5 Å². The van der Waals surface area contributed by atoms with Gasteiger partial charge in [-0.1, -0.05) is 6.07 Å². The number of fused-ring (bicyclic) bond motifs is 1. The second-order valence-corrected chi connectivity index (χ2v) is 8.26. The highest BCUT2D eigenvalue weighted by Gasteiger charge is 2.40. The number of nitrogens with zero attached hydrogens (tertiary/aromatic N) is 2. The average molecular weight is 556 g/mol. The first kappa shape index (κ1) is 31.1. The van der Waals surface area contributed by atoms with Gasteiger partial charge in [-0.2, -0.15) is 26.3 Å². The highest BCUT2D eigenvalue weighted by molar-refractivity contribution is 5.73. The Labute approximate surface area is 213 Å². The largest absolute Gasteiger partial charge is 0.490 e. The first-order valence-electron chi connectivity index (χ1n) is 11.3. The summed E-state index contributed by atoms with van der Waals surface area (Å²) < 4.78 is 81.1. The number of ether oxygens (including phenoxy) is 2. The SMILES string of the molecule is O=C(O)C(F)(F)F.O=C(O)C(F)(F)F.c1cncc(COC[C@H]2CC[C@@H]3[C@@H](CCN3Cc3ccco3)O2)c1. The number of aliphatic carboxylic acids is 2. The maximum Gasteiger partial charge on any atom is 0.490 e. The third-order valence-corrected chi connectivity index (χ3v) is 5.47. The number of halogens is 6. The molecule has 0 spiro atoms. The lowest BCUT2D eigenvalue weighted by Crippen LogP contribution is -2.43. The molecule has 3 atom stereocenters. The normalized spacial score (nSPS) is 21.4. The Morgan fingerprint density at radius 3 is 2.21 bits per heavy atom. The minimum atomic E-state index is -5.08. The zero-order valence-electron chi connectivity index (χ0n) is 19.8. The van der Waals surface area contributed by atoms with Crippen molar-refractivity contribution >= 4 is 11.9 Å². The second kappa shape index (κ2) is 14.1. The highest BCUT2D eigenvalue weighted by atomic mass is 19.4. The van der Waals surface area contributed by atoms with Crippen molar-refractivity contribution < 1.29 is 60.0 Å². The number of rotatable bonds is 6. The van der Waals surface area contributed by atoms with E-state index < -0.39 is 24.3 Å². The quantitative estimate of drug-likeness (QED) is 0.502. The van der Waals surface area contributed by atoms with Gasteiger partial charge in [0.1, 0.15) is 5.76 Å². The molecule has 2 aromatic rings. The number of pyridine rings is 1. The fourth-order valence-corrected chi connectivity index (χ4v) is 3.80. The van der Waals surface area contributed by atoms with Crippen molar-refractivity contribution in [3.8, 4) is 0 Å². The van der Waals surface area contributed by atoms with Crippen molar-refractivity contribution in [3.63, 3.8) is 0 Å². The summed E-state index contributed by atoms with van der Waals surface area (Å²) in [6, 6.07) is 8.49.